The molecule has 24 heavy (non-hydrogen) atoms. The summed E-state index contributed by atoms with van der Waals surface area (Å²) < 4.78 is 1.94. The molecule has 1 amide bonds. The molecule has 0 bridgehead atoms. The number of likely N-dealkylation sites (tertiary alicyclic amines) is 1. The number of thiophene rings is 1. The lowest BCUT2D eigenvalue weighted by molar-refractivity contribution is 0.0698. The number of aryl methyl sites for hydroxylation is 1. The van der Waals surface area contributed by atoms with Gasteiger partial charge in [-0.15, -0.1) is 21.5 Å². The summed E-state index contributed by atoms with van der Waals surface area (Å²) in [5.41, 5.74) is 1.62. The Labute approximate surface area is 147 Å². The molecule has 0 saturated carbocycles. The van der Waals surface area contributed by atoms with E-state index in [0.29, 0.717) is 12.2 Å². The van der Waals surface area contributed by atoms with Crippen molar-refractivity contribution in [1.29, 1.82) is 0 Å². The summed E-state index contributed by atoms with van der Waals surface area (Å²) in [7, 11) is 1.95. The number of thiazole rings is 1. The summed E-state index contributed by atoms with van der Waals surface area (Å²) >= 11 is 3.16. The molecule has 1 aliphatic rings. The van der Waals surface area contributed by atoms with Gasteiger partial charge in [-0.3, -0.25) is 4.79 Å². The van der Waals surface area contributed by atoms with E-state index < -0.39 is 0 Å². The van der Waals surface area contributed by atoms with E-state index in [-0.39, 0.29) is 11.8 Å². The Hall–Kier alpha value is -2.06. The highest BCUT2D eigenvalue weighted by Crippen LogP contribution is 2.29. The Morgan fingerprint density at radius 2 is 2.29 bits per heavy atom. The summed E-state index contributed by atoms with van der Waals surface area (Å²) in [6.07, 6.45) is 3.72. The average Bonchev–Trinajstić information content (AvgIpc) is 3.35. The maximum Gasteiger partial charge on any atom is 0.273 e. The smallest absolute Gasteiger partial charge is 0.273 e. The first kappa shape index (κ1) is 15.5. The zero-order valence-corrected chi connectivity index (χ0v) is 14.9. The first-order chi connectivity index (χ1) is 11.7. The van der Waals surface area contributed by atoms with Crippen molar-refractivity contribution < 1.29 is 4.79 Å². The molecular weight excluding hydrogens is 342 g/mol. The monoisotopic (exact) mass is 359 g/mol. The molecular formula is C16H17N5OS2. The molecule has 4 heterocycles. The molecule has 0 N–H and O–H groups in total. The molecule has 1 saturated heterocycles. The van der Waals surface area contributed by atoms with E-state index in [1.165, 1.54) is 11.3 Å². The normalized spacial score (nSPS) is 18.0. The van der Waals surface area contributed by atoms with Gasteiger partial charge in [0.15, 0.2) is 0 Å². The minimum Gasteiger partial charge on any atom is -0.337 e. The minimum absolute atomic E-state index is 0.0135. The Morgan fingerprint density at radius 1 is 1.38 bits per heavy atom. The van der Waals surface area contributed by atoms with Crippen molar-refractivity contribution >= 4 is 28.6 Å². The Morgan fingerprint density at radius 3 is 3.04 bits per heavy atom. The number of rotatable bonds is 3. The molecule has 0 radical (unpaired) electrons. The summed E-state index contributed by atoms with van der Waals surface area (Å²) in [6, 6.07) is 2.03. The lowest BCUT2D eigenvalue weighted by Crippen LogP contribution is -2.39. The second kappa shape index (κ2) is 6.45. The van der Waals surface area contributed by atoms with Crippen molar-refractivity contribution in [3.05, 3.63) is 40.1 Å². The van der Waals surface area contributed by atoms with Crippen molar-refractivity contribution in [2.45, 2.75) is 18.8 Å². The van der Waals surface area contributed by atoms with Gasteiger partial charge in [0.2, 0.25) is 0 Å². The molecule has 3 aromatic rings. The van der Waals surface area contributed by atoms with E-state index in [0.717, 1.165) is 35.8 Å². The molecule has 3 aromatic heterocycles. The Kier molecular flexibility index (Phi) is 4.15. The van der Waals surface area contributed by atoms with Crippen LogP contribution in [0.15, 0.2) is 28.5 Å². The van der Waals surface area contributed by atoms with E-state index in [1.807, 2.05) is 33.3 Å². The fourth-order valence-corrected chi connectivity index (χ4v) is 4.59. The maximum absolute atomic E-state index is 12.8. The van der Waals surface area contributed by atoms with Crippen LogP contribution in [0, 0.1) is 0 Å². The van der Waals surface area contributed by atoms with Gasteiger partial charge in [-0.2, -0.15) is 11.3 Å². The molecule has 8 heteroatoms. The molecule has 4 rings (SSSR count). The maximum atomic E-state index is 12.8. The fraction of sp³-hybridized carbons (Fsp3) is 0.375. The molecule has 6 nitrogen and oxygen atoms in total. The lowest BCUT2D eigenvalue weighted by atomic mass is 9.97. The third-order valence-electron chi connectivity index (χ3n) is 4.31. The highest BCUT2D eigenvalue weighted by atomic mass is 32.1. The zero-order chi connectivity index (χ0) is 16.5. The van der Waals surface area contributed by atoms with Crippen molar-refractivity contribution in [2.24, 2.45) is 7.05 Å². The third-order valence-corrected chi connectivity index (χ3v) is 5.89. The van der Waals surface area contributed by atoms with Crippen LogP contribution < -0.4 is 0 Å². The molecule has 0 unspecified atom stereocenters. The topological polar surface area (TPSA) is 63.9 Å². The first-order valence-corrected chi connectivity index (χ1v) is 9.66. The van der Waals surface area contributed by atoms with Crippen molar-refractivity contribution in [3.63, 3.8) is 0 Å². The minimum atomic E-state index is 0.0135. The fourth-order valence-electron chi connectivity index (χ4n) is 3.09. The lowest BCUT2D eigenvalue weighted by Gasteiger charge is -2.31. The molecule has 124 valence electrons. The number of amides is 1. The Balaban J connectivity index is 1.51. The molecule has 0 aromatic carbocycles. The molecule has 1 fully saturated rings. The van der Waals surface area contributed by atoms with Crippen LogP contribution in [0.1, 0.15) is 35.1 Å². The van der Waals surface area contributed by atoms with Crippen LogP contribution >= 0.6 is 22.7 Å². The first-order valence-electron chi connectivity index (χ1n) is 7.83. The molecule has 1 atom stereocenters. The predicted molar refractivity (Wildman–Crippen MR) is 94.3 cm³/mol. The van der Waals surface area contributed by atoms with Gasteiger partial charge < -0.3 is 9.47 Å². The van der Waals surface area contributed by atoms with Gasteiger partial charge >= 0.3 is 0 Å². The number of hydrogen-bond donors (Lipinski definition) is 0. The van der Waals surface area contributed by atoms with Crippen LogP contribution in [-0.2, 0) is 7.05 Å². The van der Waals surface area contributed by atoms with Crippen molar-refractivity contribution in [3.8, 4) is 10.6 Å². The molecule has 0 spiro atoms. The van der Waals surface area contributed by atoms with Crippen LogP contribution in [0.2, 0.25) is 0 Å². The number of aromatic nitrogens is 4. The van der Waals surface area contributed by atoms with E-state index >= 15 is 0 Å². The number of nitrogens with zero attached hydrogens (tertiary/aromatic N) is 5. The summed E-state index contributed by atoms with van der Waals surface area (Å²) in [6.45, 7) is 1.45. The quantitative estimate of drug-likeness (QED) is 0.721. The van der Waals surface area contributed by atoms with Gasteiger partial charge in [0.25, 0.3) is 5.91 Å². The third kappa shape index (κ3) is 2.87. The average molecular weight is 359 g/mol. The molecule has 0 aliphatic carbocycles. The van der Waals surface area contributed by atoms with E-state index in [9.17, 15) is 4.79 Å². The van der Waals surface area contributed by atoms with E-state index in [4.69, 9.17) is 0 Å². The number of carbonyl (C=O) groups excluding carboxylic acids is 1. The summed E-state index contributed by atoms with van der Waals surface area (Å²) in [4.78, 5) is 19.2. The highest BCUT2D eigenvalue weighted by Gasteiger charge is 2.29. The van der Waals surface area contributed by atoms with Crippen molar-refractivity contribution in [2.75, 3.05) is 13.1 Å². The van der Waals surface area contributed by atoms with Gasteiger partial charge in [0, 0.05) is 42.4 Å². The largest absolute Gasteiger partial charge is 0.337 e. The summed E-state index contributed by atoms with van der Waals surface area (Å²) in [5.74, 6) is 1.20. The van der Waals surface area contributed by atoms with Gasteiger partial charge in [0.1, 0.15) is 22.9 Å². The van der Waals surface area contributed by atoms with Crippen LogP contribution in [0.5, 0.6) is 0 Å². The van der Waals surface area contributed by atoms with E-state index in [1.54, 1.807) is 17.7 Å². The van der Waals surface area contributed by atoms with E-state index in [2.05, 4.69) is 20.6 Å². The van der Waals surface area contributed by atoms with Crippen LogP contribution in [0.4, 0.5) is 0 Å². The van der Waals surface area contributed by atoms with Crippen LogP contribution in [0.25, 0.3) is 10.6 Å². The van der Waals surface area contributed by atoms with Gasteiger partial charge in [-0.05, 0) is 24.3 Å². The van der Waals surface area contributed by atoms with Gasteiger partial charge in [0.05, 0.1) is 0 Å². The number of carbonyl (C=O) groups is 1. The second-order valence-electron chi connectivity index (χ2n) is 5.94. The predicted octanol–water partition coefficient (Wildman–Crippen LogP) is 3.02. The number of piperidine rings is 1. The standard InChI is InChI=1S/C16H17N5OS2/c1-20-10-17-19-14(20)11-3-2-5-21(7-11)16(22)13-9-24-15(18-13)12-4-6-23-8-12/h4,6,8-11H,2-3,5,7H2,1H3/t11-/m0/s1. The van der Waals surface area contributed by atoms with Crippen LogP contribution in [-0.4, -0.2) is 43.6 Å². The highest BCUT2D eigenvalue weighted by molar-refractivity contribution is 7.14. The van der Waals surface area contributed by atoms with Gasteiger partial charge in [-0.25, -0.2) is 4.98 Å². The number of hydrogen-bond acceptors (Lipinski definition) is 6. The molecule has 1 aliphatic heterocycles. The Bertz CT molecular complexity index is 838. The zero-order valence-electron chi connectivity index (χ0n) is 13.3. The van der Waals surface area contributed by atoms with Crippen LogP contribution in [0.3, 0.4) is 0 Å². The van der Waals surface area contributed by atoms with Gasteiger partial charge in [-0.1, -0.05) is 0 Å². The summed E-state index contributed by atoms with van der Waals surface area (Å²) in [5, 5.41) is 15.0. The second-order valence-corrected chi connectivity index (χ2v) is 7.58. The van der Waals surface area contributed by atoms with Crippen molar-refractivity contribution in [1.82, 2.24) is 24.6 Å². The SMILES string of the molecule is Cn1cnnc1[C@H]1CCCN(C(=O)c2csc(-c3ccsc3)n2)C1.